The molecule has 0 aromatic rings. The largest absolute Gasteiger partial charge is 0.300 e. The molecule has 0 heterocycles. The van der Waals surface area contributed by atoms with Crippen molar-refractivity contribution in [1.82, 2.24) is 0 Å². The van der Waals surface area contributed by atoms with E-state index in [0.29, 0.717) is 18.8 Å². The van der Waals surface area contributed by atoms with E-state index in [-0.39, 0.29) is 12.8 Å². The van der Waals surface area contributed by atoms with E-state index in [0.717, 1.165) is 6.42 Å². The third kappa shape index (κ3) is 2.20. The van der Waals surface area contributed by atoms with Gasteiger partial charge in [0.2, 0.25) is 5.00 Å². The van der Waals surface area contributed by atoms with Crippen LogP contribution in [0.25, 0.3) is 0 Å². The summed E-state index contributed by atoms with van der Waals surface area (Å²) in [4.78, 5) is 0. The van der Waals surface area contributed by atoms with Gasteiger partial charge in [-0.1, -0.05) is 13.3 Å². The second kappa shape index (κ2) is 3.53. The molecule has 0 amide bonds. The Morgan fingerprint density at radius 2 is 1.92 bits per heavy atom. The van der Waals surface area contributed by atoms with E-state index in [4.69, 9.17) is 4.55 Å². The lowest BCUT2D eigenvalue weighted by atomic mass is 9.86. The predicted octanol–water partition coefficient (Wildman–Crippen LogP) is 2.14. The van der Waals surface area contributed by atoms with E-state index in [9.17, 15) is 12.8 Å². The normalized spacial score (nSPS) is 36.1. The summed E-state index contributed by atoms with van der Waals surface area (Å²) in [6.45, 7) is 2.00. The molecule has 0 unspecified atom stereocenters. The number of hydrogen-bond donors (Lipinski definition) is 1. The van der Waals surface area contributed by atoms with Gasteiger partial charge < -0.3 is 0 Å². The summed E-state index contributed by atoms with van der Waals surface area (Å²) in [5.74, 6) is 0.408. The van der Waals surface area contributed by atoms with Crippen LogP contribution < -0.4 is 0 Å². The second-order valence-corrected chi connectivity index (χ2v) is 5.39. The van der Waals surface area contributed by atoms with Crippen molar-refractivity contribution in [1.29, 1.82) is 0 Å². The molecule has 1 fully saturated rings. The topological polar surface area (TPSA) is 54.4 Å². The monoisotopic (exact) mass is 210 g/mol. The predicted molar refractivity (Wildman–Crippen MR) is 47.6 cm³/mol. The van der Waals surface area contributed by atoms with Crippen molar-refractivity contribution >= 4 is 10.1 Å². The lowest BCUT2D eigenvalue weighted by Gasteiger charge is -2.30. The fraction of sp³-hybridized carbons (Fsp3) is 1.00. The van der Waals surface area contributed by atoms with Crippen LogP contribution in [0.3, 0.4) is 0 Å². The average molecular weight is 210 g/mol. The summed E-state index contributed by atoms with van der Waals surface area (Å²) in [5.41, 5.74) is 0. The van der Waals surface area contributed by atoms with E-state index in [1.807, 2.05) is 6.92 Å². The molecular formula is C8H15FO3S. The van der Waals surface area contributed by atoms with Gasteiger partial charge in [-0.3, -0.25) is 4.55 Å². The van der Waals surface area contributed by atoms with Gasteiger partial charge in [0.25, 0.3) is 10.1 Å². The van der Waals surface area contributed by atoms with Crippen molar-refractivity contribution in [2.75, 3.05) is 0 Å². The maximum absolute atomic E-state index is 13.6. The van der Waals surface area contributed by atoms with Gasteiger partial charge in [-0.2, -0.15) is 8.42 Å². The minimum absolute atomic E-state index is 0.0651. The van der Waals surface area contributed by atoms with Gasteiger partial charge in [0, 0.05) is 0 Å². The smallest absolute Gasteiger partial charge is 0.283 e. The van der Waals surface area contributed by atoms with E-state index in [1.165, 1.54) is 0 Å². The lowest BCUT2D eigenvalue weighted by molar-refractivity contribution is 0.149. The molecule has 1 rings (SSSR count). The Bertz CT molecular complexity index is 265. The van der Waals surface area contributed by atoms with Gasteiger partial charge in [0.15, 0.2) is 0 Å². The van der Waals surface area contributed by atoms with Crippen LogP contribution in [0.4, 0.5) is 4.39 Å². The SMILES string of the molecule is CCC1CCC(F)(S(=O)(=O)O)CC1. The molecule has 5 heteroatoms. The molecule has 1 aliphatic rings. The van der Waals surface area contributed by atoms with Gasteiger partial charge in [-0.25, -0.2) is 4.39 Å². The van der Waals surface area contributed by atoms with E-state index in [2.05, 4.69) is 0 Å². The Hall–Kier alpha value is -0.160. The van der Waals surface area contributed by atoms with Crippen LogP contribution in [-0.4, -0.2) is 18.0 Å². The molecular weight excluding hydrogens is 195 g/mol. The van der Waals surface area contributed by atoms with Crippen molar-refractivity contribution in [3.05, 3.63) is 0 Å². The molecule has 1 N–H and O–H groups in total. The molecule has 13 heavy (non-hydrogen) atoms. The molecule has 0 spiro atoms. The van der Waals surface area contributed by atoms with Crippen molar-refractivity contribution < 1.29 is 17.4 Å². The van der Waals surface area contributed by atoms with Gasteiger partial charge in [0.05, 0.1) is 0 Å². The number of hydrogen-bond acceptors (Lipinski definition) is 2. The third-order valence-electron chi connectivity index (χ3n) is 2.89. The van der Waals surface area contributed by atoms with Crippen LogP contribution in [0.15, 0.2) is 0 Å². The number of halogens is 1. The van der Waals surface area contributed by atoms with Crippen LogP contribution in [-0.2, 0) is 10.1 Å². The Morgan fingerprint density at radius 3 is 2.23 bits per heavy atom. The fourth-order valence-corrected chi connectivity index (χ4v) is 2.53. The average Bonchev–Trinajstić information content (AvgIpc) is 2.04. The van der Waals surface area contributed by atoms with E-state index in [1.54, 1.807) is 0 Å². The summed E-state index contributed by atoms with van der Waals surface area (Å²) in [7, 11) is -4.52. The highest BCUT2D eigenvalue weighted by atomic mass is 32.2. The maximum Gasteiger partial charge on any atom is 0.300 e. The fourth-order valence-electron chi connectivity index (χ4n) is 1.77. The first-order valence-electron chi connectivity index (χ1n) is 4.55. The van der Waals surface area contributed by atoms with E-state index >= 15 is 0 Å². The van der Waals surface area contributed by atoms with Crippen molar-refractivity contribution in [2.24, 2.45) is 5.92 Å². The molecule has 1 aliphatic carbocycles. The highest BCUT2D eigenvalue weighted by molar-refractivity contribution is 7.87. The minimum Gasteiger partial charge on any atom is -0.283 e. The Kier molecular flexibility index (Phi) is 2.97. The zero-order valence-electron chi connectivity index (χ0n) is 7.66. The summed E-state index contributed by atoms with van der Waals surface area (Å²) in [6, 6.07) is 0. The molecule has 1 saturated carbocycles. The molecule has 78 valence electrons. The summed E-state index contributed by atoms with van der Waals surface area (Å²) in [6.07, 6.45) is 1.91. The Morgan fingerprint density at radius 1 is 1.46 bits per heavy atom. The van der Waals surface area contributed by atoms with Crippen LogP contribution >= 0.6 is 0 Å². The third-order valence-corrected chi connectivity index (χ3v) is 4.22. The maximum atomic E-state index is 13.6. The number of alkyl halides is 1. The van der Waals surface area contributed by atoms with Gasteiger partial charge >= 0.3 is 0 Å². The van der Waals surface area contributed by atoms with Gasteiger partial charge in [-0.15, -0.1) is 0 Å². The lowest BCUT2D eigenvalue weighted by Crippen LogP contribution is -2.37. The van der Waals surface area contributed by atoms with Crippen molar-refractivity contribution in [3.8, 4) is 0 Å². The zero-order valence-corrected chi connectivity index (χ0v) is 8.48. The standard InChI is InChI=1S/C8H15FO3S/c1-2-7-3-5-8(9,6-4-7)13(10,11)12/h7H,2-6H2,1H3,(H,10,11,12). The number of rotatable bonds is 2. The summed E-state index contributed by atoms with van der Waals surface area (Å²) < 4.78 is 43.6. The van der Waals surface area contributed by atoms with Crippen LogP contribution in [0.2, 0.25) is 0 Å². The molecule has 0 atom stereocenters. The highest BCUT2D eigenvalue weighted by Crippen LogP contribution is 2.39. The Labute approximate surface area is 78.1 Å². The molecule has 0 aromatic carbocycles. The van der Waals surface area contributed by atoms with Crippen LogP contribution in [0.1, 0.15) is 39.0 Å². The molecule has 0 aromatic heterocycles. The van der Waals surface area contributed by atoms with Gasteiger partial charge in [-0.05, 0) is 31.6 Å². The summed E-state index contributed by atoms with van der Waals surface area (Å²) in [5, 5.41) is -2.38. The first-order chi connectivity index (χ1) is 5.89. The van der Waals surface area contributed by atoms with Crippen LogP contribution in [0.5, 0.6) is 0 Å². The first-order valence-corrected chi connectivity index (χ1v) is 5.99. The zero-order chi connectivity index (χ0) is 10.1. The first kappa shape index (κ1) is 10.9. The van der Waals surface area contributed by atoms with E-state index < -0.39 is 15.1 Å². The highest BCUT2D eigenvalue weighted by Gasteiger charge is 2.45. The molecule has 0 bridgehead atoms. The quantitative estimate of drug-likeness (QED) is 0.710. The van der Waals surface area contributed by atoms with Gasteiger partial charge in [0.1, 0.15) is 0 Å². The van der Waals surface area contributed by atoms with Crippen molar-refractivity contribution in [2.45, 2.75) is 44.0 Å². The molecule has 0 radical (unpaired) electrons. The minimum atomic E-state index is -4.52. The summed E-state index contributed by atoms with van der Waals surface area (Å²) >= 11 is 0. The molecule has 0 saturated heterocycles. The second-order valence-electron chi connectivity index (χ2n) is 3.71. The van der Waals surface area contributed by atoms with Crippen LogP contribution in [0, 0.1) is 5.92 Å². The molecule has 0 aliphatic heterocycles. The molecule has 3 nitrogen and oxygen atoms in total. The Balaban J connectivity index is 2.68. The van der Waals surface area contributed by atoms with Crippen molar-refractivity contribution in [3.63, 3.8) is 0 Å².